The van der Waals surface area contributed by atoms with Crippen molar-refractivity contribution in [2.45, 2.75) is 32.4 Å². The van der Waals surface area contributed by atoms with Crippen LogP contribution in [0.1, 0.15) is 20.3 Å². The molecule has 4 nitrogen and oxygen atoms in total. The number of nitrogens with zero attached hydrogens (tertiary/aromatic N) is 2. The molecule has 0 aliphatic carbocycles. The van der Waals surface area contributed by atoms with Crippen LogP contribution in [0, 0.1) is 0 Å². The van der Waals surface area contributed by atoms with Gasteiger partial charge in [0.05, 0.1) is 12.1 Å². The standard InChI is InChI=1S/C15H18N2O2/c1-3-12-10-19-14-9-11(2)16(15(18)17(12)14)13-7-5-4-6-8-13/h4-9,11-12H,3,10H2,1-2H3/t11-,12+/m0/s1. The molecule has 4 heteroatoms. The van der Waals surface area contributed by atoms with Crippen molar-refractivity contribution in [2.75, 3.05) is 11.5 Å². The first kappa shape index (κ1) is 12.1. The molecule has 0 radical (unpaired) electrons. The maximum Gasteiger partial charge on any atom is 0.332 e. The second-order valence-electron chi connectivity index (χ2n) is 4.98. The van der Waals surface area contributed by atoms with Crippen LogP contribution in [0.15, 0.2) is 42.3 Å². The Morgan fingerprint density at radius 1 is 1.26 bits per heavy atom. The molecule has 0 saturated carbocycles. The number of carbonyl (C=O) groups is 1. The number of rotatable bonds is 2. The average molecular weight is 258 g/mol. The van der Waals surface area contributed by atoms with Gasteiger partial charge in [-0.15, -0.1) is 0 Å². The molecule has 0 unspecified atom stereocenters. The topological polar surface area (TPSA) is 32.8 Å². The van der Waals surface area contributed by atoms with Gasteiger partial charge in [-0.1, -0.05) is 25.1 Å². The third kappa shape index (κ3) is 1.87. The van der Waals surface area contributed by atoms with Crippen molar-refractivity contribution in [3.05, 3.63) is 42.3 Å². The number of ether oxygens (including phenoxy) is 1. The van der Waals surface area contributed by atoms with E-state index in [4.69, 9.17) is 4.74 Å². The fraction of sp³-hybridized carbons (Fsp3) is 0.400. The van der Waals surface area contributed by atoms with E-state index in [1.165, 1.54) is 0 Å². The summed E-state index contributed by atoms with van der Waals surface area (Å²) in [6, 6.07) is 9.96. The highest BCUT2D eigenvalue weighted by molar-refractivity contribution is 5.95. The van der Waals surface area contributed by atoms with Gasteiger partial charge < -0.3 is 4.74 Å². The molecule has 2 atom stereocenters. The van der Waals surface area contributed by atoms with Gasteiger partial charge in [-0.25, -0.2) is 4.79 Å². The molecule has 100 valence electrons. The Morgan fingerprint density at radius 3 is 2.68 bits per heavy atom. The van der Waals surface area contributed by atoms with E-state index >= 15 is 0 Å². The van der Waals surface area contributed by atoms with Crippen LogP contribution in [0.4, 0.5) is 10.5 Å². The van der Waals surface area contributed by atoms with Crippen molar-refractivity contribution in [2.24, 2.45) is 0 Å². The molecule has 2 amide bonds. The maximum atomic E-state index is 12.7. The molecule has 1 fully saturated rings. The molecule has 2 heterocycles. The molecular weight excluding hydrogens is 240 g/mol. The van der Waals surface area contributed by atoms with Gasteiger partial charge in [0.15, 0.2) is 5.88 Å². The maximum absolute atomic E-state index is 12.7. The van der Waals surface area contributed by atoms with Crippen molar-refractivity contribution < 1.29 is 9.53 Å². The summed E-state index contributed by atoms with van der Waals surface area (Å²) in [4.78, 5) is 16.3. The Labute approximate surface area is 113 Å². The van der Waals surface area contributed by atoms with Crippen molar-refractivity contribution in [3.63, 3.8) is 0 Å². The third-order valence-corrected chi connectivity index (χ3v) is 3.74. The minimum absolute atomic E-state index is 0.0109. The molecule has 19 heavy (non-hydrogen) atoms. The number of hydrogen-bond donors (Lipinski definition) is 0. The smallest absolute Gasteiger partial charge is 0.332 e. The highest BCUT2D eigenvalue weighted by Crippen LogP contribution is 2.32. The zero-order valence-corrected chi connectivity index (χ0v) is 11.2. The normalized spacial score (nSPS) is 26.0. The Morgan fingerprint density at radius 2 is 2.00 bits per heavy atom. The van der Waals surface area contributed by atoms with E-state index in [2.05, 4.69) is 6.92 Å². The summed E-state index contributed by atoms with van der Waals surface area (Å²) >= 11 is 0. The first-order chi connectivity index (χ1) is 9.22. The van der Waals surface area contributed by atoms with Gasteiger partial charge in [0.25, 0.3) is 0 Å². The lowest BCUT2D eigenvalue weighted by Gasteiger charge is -2.37. The third-order valence-electron chi connectivity index (χ3n) is 3.74. The molecule has 1 aromatic carbocycles. The summed E-state index contributed by atoms with van der Waals surface area (Å²) in [5, 5.41) is 0. The molecule has 1 aromatic rings. The predicted molar refractivity (Wildman–Crippen MR) is 73.7 cm³/mol. The Hall–Kier alpha value is -1.97. The molecule has 0 spiro atoms. The summed E-state index contributed by atoms with van der Waals surface area (Å²) in [7, 11) is 0. The van der Waals surface area contributed by atoms with Crippen molar-refractivity contribution in [3.8, 4) is 0 Å². The van der Waals surface area contributed by atoms with Crippen LogP contribution < -0.4 is 4.90 Å². The molecule has 2 aliphatic heterocycles. The van der Waals surface area contributed by atoms with Crippen molar-refractivity contribution in [1.29, 1.82) is 0 Å². The predicted octanol–water partition coefficient (Wildman–Crippen LogP) is 2.97. The van der Waals surface area contributed by atoms with Gasteiger partial charge in [-0.2, -0.15) is 0 Å². The van der Waals surface area contributed by atoms with Crippen LogP contribution in [-0.2, 0) is 4.74 Å². The first-order valence-electron chi connectivity index (χ1n) is 6.74. The lowest BCUT2D eigenvalue weighted by atomic mass is 10.1. The van der Waals surface area contributed by atoms with E-state index in [1.54, 1.807) is 4.90 Å². The SMILES string of the molecule is CC[C@@H]1COC2=C[C@H](C)N(c3ccccc3)C(=O)N21. The van der Waals surface area contributed by atoms with E-state index in [0.717, 1.165) is 18.0 Å². The van der Waals surface area contributed by atoms with Crippen LogP contribution in [0.25, 0.3) is 0 Å². The van der Waals surface area contributed by atoms with E-state index in [0.29, 0.717) is 6.61 Å². The van der Waals surface area contributed by atoms with E-state index in [-0.39, 0.29) is 18.1 Å². The molecule has 1 saturated heterocycles. The number of benzene rings is 1. The van der Waals surface area contributed by atoms with Crippen LogP contribution in [0.2, 0.25) is 0 Å². The molecular formula is C15H18N2O2. The number of fused-ring (bicyclic) bond motifs is 1. The molecule has 0 N–H and O–H groups in total. The van der Waals surface area contributed by atoms with Gasteiger partial charge in [0, 0.05) is 5.69 Å². The van der Waals surface area contributed by atoms with Gasteiger partial charge >= 0.3 is 6.03 Å². The quantitative estimate of drug-likeness (QED) is 0.817. The van der Waals surface area contributed by atoms with Gasteiger partial charge in [0.1, 0.15) is 6.61 Å². The summed E-state index contributed by atoms with van der Waals surface area (Å²) in [6.07, 6.45) is 2.92. The van der Waals surface area contributed by atoms with E-state index in [9.17, 15) is 4.79 Å². The highest BCUT2D eigenvalue weighted by Gasteiger charge is 2.41. The number of hydrogen-bond acceptors (Lipinski definition) is 2. The monoisotopic (exact) mass is 258 g/mol. The lowest BCUT2D eigenvalue weighted by molar-refractivity contribution is 0.194. The van der Waals surface area contributed by atoms with Crippen LogP contribution >= 0.6 is 0 Å². The van der Waals surface area contributed by atoms with Gasteiger partial charge in [-0.3, -0.25) is 9.80 Å². The zero-order chi connectivity index (χ0) is 13.4. The zero-order valence-electron chi connectivity index (χ0n) is 11.2. The summed E-state index contributed by atoms with van der Waals surface area (Å²) < 4.78 is 5.62. The molecule has 0 bridgehead atoms. The highest BCUT2D eigenvalue weighted by atomic mass is 16.5. The number of amides is 2. The van der Waals surface area contributed by atoms with E-state index in [1.807, 2.05) is 48.2 Å². The number of anilines is 1. The summed E-state index contributed by atoms with van der Waals surface area (Å²) in [5.74, 6) is 0.719. The van der Waals surface area contributed by atoms with Gasteiger partial charge in [-0.05, 0) is 31.6 Å². The van der Waals surface area contributed by atoms with Crippen molar-refractivity contribution in [1.82, 2.24) is 4.90 Å². The number of para-hydroxylation sites is 1. The molecule has 0 aromatic heterocycles. The minimum atomic E-state index is 0.0109. The van der Waals surface area contributed by atoms with Crippen LogP contribution in [-0.4, -0.2) is 29.6 Å². The largest absolute Gasteiger partial charge is 0.477 e. The molecule has 3 rings (SSSR count). The van der Waals surface area contributed by atoms with E-state index < -0.39 is 0 Å². The Kier molecular flexibility index (Phi) is 2.93. The first-order valence-corrected chi connectivity index (χ1v) is 6.74. The van der Waals surface area contributed by atoms with Crippen LogP contribution in [0.5, 0.6) is 0 Å². The average Bonchev–Trinajstić information content (AvgIpc) is 2.83. The lowest BCUT2D eigenvalue weighted by Crippen LogP contribution is -2.51. The second kappa shape index (κ2) is 4.61. The second-order valence-corrected chi connectivity index (χ2v) is 4.98. The Bertz CT molecular complexity index is 512. The van der Waals surface area contributed by atoms with Crippen LogP contribution in [0.3, 0.4) is 0 Å². The number of urea groups is 1. The fourth-order valence-electron chi connectivity index (χ4n) is 2.69. The molecule has 2 aliphatic rings. The summed E-state index contributed by atoms with van der Waals surface area (Å²) in [5.41, 5.74) is 0.928. The summed E-state index contributed by atoms with van der Waals surface area (Å²) in [6.45, 7) is 4.69. The fourth-order valence-corrected chi connectivity index (χ4v) is 2.69. The van der Waals surface area contributed by atoms with Crippen molar-refractivity contribution >= 4 is 11.7 Å². The minimum Gasteiger partial charge on any atom is -0.477 e. The Balaban J connectivity index is 1.98. The number of carbonyl (C=O) groups excluding carboxylic acids is 1. The van der Waals surface area contributed by atoms with Gasteiger partial charge in [0.2, 0.25) is 0 Å².